The highest BCUT2D eigenvalue weighted by Gasteiger charge is 2.52. The molecule has 3 amide bonds. The van der Waals surface area contributed by atoms with E-state index in [1.807, 2.05) is 24.3 Å². The summed E-state index contributed by atoms with van der Waals surface area (Å²) >= 11 is 0. The third kappa shape index (κ3) is 4.98. The predicted octanol–water partition coefficient (Wildman–Crippen LogP) is 4.74. The number of urea groups is 1. The van der Waals surface area contributed by atoms with E-state index in [0.29, 0.717) is 18.5 Å². The van der Waals surface area contributed by atoms with Crippen molar-refractivity contribution >= 4 is 12.1 Å². The summed E-state index contributed by atoms with van der Waals surface area (Å²) in [5, 5.41) is 2.44. The number of ether oxygens (including phenoxy) is 1. The lowest BCUT2D eigenvalue weighted by molar-refractivity contribution is -0.0151. The standard InChI is InChI=1S/C25H28F3N3O3/c1-24(2,3)34-23(33)30-14-20(25(27,28)15-30)29-22(32)31-13-12-16-6-4-5-7-19(16)21(31)17-8-10-18(26)11-9-17/h4-11,20-21H,12-15H2,1-3H3,(H,29,32)/t20?,21-/m0/s1. The number of alkyl halides is 2. The number of hydrogen-bond donors (Lipinski definition) is 1. The third-order valence-electron chi connectivity index (χ3n) is 5.99. The molecule has 2 aliphatic heterocycles. The van der Waals surface area contributed by atoms with Gasteiger partial charge >= 0.3 is 12.1 Å². The molecule has 34 heavy (non-hydrogen) atoms. The van der Waals surface area contributed by atoms with Gasteiger partial charge in [0.05, 0.1) is 19.1 Å². The van der Waals surface area contributed by atoms with Crippen LogP contribution in [0, 0.1) is 5.82 Å². The second kappa shape index (κ2) is 8.85. The van der Waals surface area contributed by atoms with Crippen LogP contribution in [0.3, 0.4) is 0 Å². The zero-order valence-electron chi connectivity index (χ0n) is 19.4. The zero-order valence-corrected chi connectivity index (χ0v) is 19.4. The lowest BCUT2D eigenvalue weighted by Gasteiger charge is -2.38. The van der Waals surface area contributed by atoms with Crippen LogP contribution in [0.5, 0.6) is 0 Å². The Kier molecular flexibility index (Phi) is 6.22. The molecule has 2 heterocycles. The van der Waals surface area contributed by atoms with Crippen molar-refractivity contribution < 1.29 is 27.5 Å². The van der Waals surface area contributed by atoms with Crippen LogP contribution in [-0.4, -0.2) is 59.1 Å². The van der Waals surface area contributed by atoms with Gasteiger partial charge < -0.3 is 15.0 Å². The number of carbonyl (C=O) groups excluding carboxylic acids is 2. The van der Waals surface area contributed by atoms with E-state index in [2.05, 4.69) is 5.32 Å². The van der Waals surface area contributed by atoms with Crippen LogP contribution in [0.25, 0.3) is 0 Å². The van der Waals surface area contributed by atoms with Crippen LogP contribution in [0.15, 0.2) is 48.5 Å². The number of rotatable bonds is 2. The molecule has 2 aliphatic rings. The van der Waals surface area contributed by atoms with Crippen molar-refractivity contribution in [3.8, 4) is 0 Å². The number of likely N-dealkylation sites (tertiary alicyclic amines) is 1. The first-order chi connectivity index (χ1) is 15.9. The smallest absolute Gasteiger partial charge is 0.410 e. The Hall–Kier alpha value is -3.23. The average Bonchev–Trinajstić information content (AvgIpc) is 3.06. The molecule has 4 rings (SSSR count). The van der Waals surface area contributed by atoms with Crippen molar-refractivity contribution in [2.75, 3.05) is 19.6 Å². The van der Waals surface area contributed by atoms with Crippen LogP contribution >= 0.6 is 0 Å². The van der Waals surface area contributed by atoms with Gasteiger partial charge in [-0.2, -0.15) is 0 Å². The third-order valence-corrected chi connectivity index (χ3v) is 5.99. The summed E-state index contributed by atoms with van der Waals surface area (Å²) in [7, 11) is 0. The highest BCUT2D eigenvalue weighted by Crippen LogP contribution is 2.36. The van der Waals surface area contributed by atoms with Gasteiger partial charge in [-0.05, 0) is 56.0 Å². The highest BCUT2D eigenvalue weighted by atomic mass is 19.3. The second-order valence-electron chi connectivity index (χ2n) is 9.72. The van der Waals surface area contributed by atoms with E-state index in [1.165, 1.54) is 17.0 Å². The zero-order chi connectivity index (χ0) is 24.7. The first-order valence-corrected chi connectivity index (χ1v) is 11.2. The Morgan fingerprint density at radius 3 is 2.44 bits per heavy atom. The monoisotopic (exact) mass is 475 g/mol. The van der Waals surface area contributed by atoms with E-state index in [4.69, 9.17) is 4.74 Å². The van der Waals surface area contributed by atoms with Crippen LogP contribution in [0.4, 0.5) is 22.8 Å². The molecule has 0 saturated carbocycles. The maximum absolute atomic E-state index is 14.8. The number of amides is 3. The minimum atomic E-state index is -3.31. The molecule has 182 valence electrons. The molecule has 0 aliphatic carbocycles. The molecule has 1 N–H and O–H groups in total. The Morgan fingerprint density at radius 2 is 1.76 bits per heavy atom. The Bertz CT molecular complexity index is 1070. The SMILES string of the molecule is CC(C)(C)OC(=O)N1CC(NC(=O)N2CCc3ccccc3[C@@H]2c2ccc(F)cc2)C(F)(F)C1. The van der Waals surface area contributed by atoms with E-state index in [1.54, 1.807) is 32.9 Å². The topological polar surface area (TPSA) is 61.9 Å². The molecule has 1 unspecified atom stereocenters. The summed E-state index contributed by atoms with van der Waals surface area (Å²) in [6, 6.07) is 10.6. The number of carbonyl (C=O) groups is 2. The summed E-state index contributed by atoms with van der Waals surface area (Å²) in [6.45, 7) is 4.07. The van der Waals surface area contributed by atoms with Gasteiger partial charge in [0.15, 0.2) is 0 Å². The van der Waals surface area contributed by atoms with Crippen molar-refractivity contribution in [1.82, 2.24) is 15.1 Å². The molecular weight excluding hydrogens is 447 g/mol. The largest absolute Gasteiger partial charge is 0.444 e. The molecule has 0 bridgehead atoms. The van der Waals surface area contributed by atoms with Crippen LogP contribution in [0.1, 0.15) is 43.5 Å². The van der Waals surface area contributed by atoms with E-state index in [0.717, 1.165) is 16.0 Å². The molecule has 0 aromatic heterocycles. The van der Waals surface area contributed by atoms with Gasteiger partial charge in [0.25, 0.3) is 5.92 Å². The molecule has 2 aromatic carbocycles. The Labute approximate surface area is 196 Å². The molecule has 1 fully saturated rings. The fraction of sp³-hybridized carbons (Fsp3) is 0.440. The molecule has 9 heteroatoms. The highest BCUT2D eigenvalue weighted by molar-refractivity contribution is 5.77. The average molecular weight is 476 g/mol. The van der Waals surface area contributed by atoms with Crippen molar-refractivity contribution in [3.63, 3.8) is 0 Å². The molecule has 2 aromatic rings. The predicted molar refractivity (Wildman–Crippen MR) is 120 cm³/mol. The first-order valence-electron chi connectivity index (χ1n) is 11.2. The van der Waals surface area contributed by atoms with Gasteiger partial charge in [0.2, 0.25) is 0 Å². The maximum Gasteiger partial charge on any atom is 0.410 e. The molecule has 2 atom stereocenters. The summed E-state index contributed by atoms with van der Waals surface area (Å²) in [4.78, 5) is 28.0. The van der Waals surface area contributed by atoms with Gasteiger partial charge in [-0.3, -0.25) is 4.90 Å². The lowest BCUT2D eigenvalue weighted by atomic mass is 9.88. The lowest BCUT2D eigenvalue weighted by Crippen LogP contribution is -2.53. The van der Waals surface area contributed by atoms with Crippen molar-refractivity contribution in [2.24, 2.45) is 0 Å². The van der Waals surface area contributed by atoms with Gasteiger partial charge in [-0.1, -0.05) is 36.4 Å². The van der Waals surface area contributed by atoms with E-state index >= 15 is 0 Å². The van der Waals surface area contributed by atoms with Crippen LogP contribution < -0.4 is 5.32 Å². The first kappa shape index (κ1) is 23.9. The number of nitrogens with zero attached hydrogens (tertiary/aromatic N) is 2. The quantitative estimate of drug-likeness (QED) is 0.683. The normalized spacial score (nSPS) is 21.7. The van der Waals surface area contributed by atoms with Gasteiger partial charge in [-0.15, -0.1) is 0 Å². The number of hydrogen-bond acceptors (Lipinski definition) is 3. The number of halogens is 3. The van der Waals surface area contributed by atoms with Gasteiger partial charge in [0.1, 0.15) is 17.5 Å². The minimum Gasteiger partial charge on any atom is -0.444 e. The van der Waals surface area contributed by atoms with Crippen LogP contribution in [-0.2, 0) is 11.2 Å². The van der Waals surface area contributed by atoms with E-state index in [-0.39, 0.29) is 6.54 Å². The second-order valence-corrected chi connectivity index (χ2v) is 9.72. The number of benzene rings is 2. The number of nitrogens with one attached hydrogen (secondary N) is 1. The van der Waals surface area contributed by atoms with Crippen LogP contribution in [0.2, 0.25) is 0 Å². The molecule has 0 spiro atoms. The fourth-order valence-electron chi connectivity index (χ4n) is 4.42. The number of fused-ring (bicyclic) bond motifs is 1. The molecule has 6 nitrogen and oxygen atoms in total. The van der Waals surface area contributed by atoms with Crippen molar-refractivity contribution in [2.45, 2.75) is 50.8 Å². The molecule has 1 saturated heterocycles. The summed E-state index contributed by atoms with van der Waals surface area (Å²) in [5.41, 5.74) is 1.77. The molecule has 0 radical (unpaired) electrons. The minimum absolute atomic E-state index is 0.305. The van der Waals surface area contributed by atoms with E-state index in [9.17, 15) is 22.8 Å². The summed E-state index contributed by atoms with van der Waals surface area (Å²) in [6.07, 6.45) is -0.285. The Balaban J connectivity index is 1.55. The summed E-state index contributed by atoms with van der Waals surface area (Å²) < 4.78 is 48.3. The van der Waals surface area contributed by atoms with Gasteiger partial charge in [0, 0.05) is 6.54 Å². The summed E-state index contributed by atoms with van der Waals surface area (Å²) in [5.74, 6) is -3.72. The van der Waals surface area contributed by atoms with Crippen molar-refractivity contribution in [1.29, 1.82) is 0 Å². The van der Waals surface area contributed by atoms with Crippen molar-refractivity contribution in [3.05, 3.63) is 71.0 Å². The fourth-order valence-corrected chi connectivity index (χ4v) is 4.42. The van der Waals surface area contributed by atoms with Gasteiger partial charge in [-0.25, -0.2) is 22.8 Å². The maximum atomic E-state index is 14.8. The molecular formula is C25H28F3N3O3. The van der Waals surface area contributed by atoms with E-state index < -0.39 is 48.1 Å². The Morgan fingerprint density at radius 1 is 1.09 bits per heavy atom.